The summed E-state index contributed by atoms with van der Waals surface area (Å²) in [5, 5.41) is 5.08. The predicted octanol–water partition coefficient (Wildman–Crippen LogP) is 1.84. The van der Waals surface area contributed by atoms with Crippen molar-refractivity contribution in [2.75, 3.05) is 18.4 Å². The van der Waals surface area contributed by atoms with E-state index in [1.807, 2.05) is 31.7 Å². The monoisotopic (exact) mass is 329 g/mol. The summed E-state index contributed by atoms with van der Waals surface area (Å²) in [5.74, 6) is 0.0450. The van der Waals surface area contributed by atoms with Gasteiger partial charge in [-0.15, -0.1) is 0 Å². The maximum Gasteiger partial charge on any atom is 0.272 e. The molecule has 6 heteroatoms. The van der Waals surface area contributed by atoms with Crippen molar-refractivity contribution in [2.24, 2.45) is 0 Å². The van der Waals surface area contributed by atoms with E-state index in [1.165, 1.54) is 0 Å². The molecule has 1 aliphatic heterocycles. The van der Waals surface area contributed by atoms with Gasteiger partial charge in [-0.3, -0.25) is 9.48 Å². The molecule has 0 saturated carbocycles. The number of alkyl halides is 1. The van der Waals surface area contributed by atoms with Crippen molar-refractivity contribution in [3.8, 4) is 0 Å². The summed E-state index contributed by atoms with van der Waals surface area (Å²) in [7, 11) is 0. The molecule has 1 saturated heterocycles. The molecule has 0 aliphatic carbocycles. The molecule has 0 N–H and O–H groups in total. The molecule has 2 atom stereocenters. The Morgan fingerprint density at radius 3 is 2.95 bits per heavy atom. The Hall–Kier alpha value is -0.880. The molecule has 0 spiro atoms. The van der Waals surface area contributed by atoms with E-state index in [4.69, 9.17) is 4.74 Å². The number of aryl methyl sites for hydroxylation is 2. The van der Waals surface area contributed by atoms with Crippen molar-refractivity contribution < 1.29 is 9.53 Å². The third-order valence-corrected chi connectivity index (χ3v) is 3.93. The van der Waals surface area contributed by atoms with E-state index in [9.17, 15) is 4.79 Å². The van der Waals surface area contributed by atoms with Crippen LogP contribution in [0.3, 0.4) is 0 Å². The first-order valence-corrected chi connectivity index (χ1v) is 7.72. The van der Waals surface area contributed by atoms with E-state index in [2.05, 4.69) is 21.0 Å². The molecule has 1 aromatic heterocycles. The van der Waals surface area contributed by atoms with Gasteiger partial charge in [0.25, 0.3) is 5.91 Å². The summed E-state index contributed by atoms with van der Waals surface area (Å²) in [6, 6.07) is 1.86. The fourth-order valence-electron chi connectivity index (χ4n) is 2.42. The first kappa shape index (κ1) is 14.5. The van der Waals surface area contributed by atoms with Crippen molar-refractivity contribution in [1.29, 1.82) is 0 Å². The number of aromatic nitrogens is 2. The number of hydrogen-bond acceptors (Lipinski definition) is 3. The molecule has 106 valence electrons. The highest BCUT2D eigenvalue weighted by molar-refractivity contribution is 9.09. The Bertz CT molecular complexity index is 461. The van der Waals surface area contributed by atoms with Crippen LogP contribution in [0, 0.1) is 6.92 Å². The second kappa shape index (κ2) is 6.05. The second-order valence-electron chi connectivity index (χ2n) is 4.92. The van der Waals surface area contributed by atoms with Gasteiger partial charge in [0.2, 0.25) is 0 Å². The molecule has 1 amide bonds. The molecule has 0 aromatic carbocycles. The quantitative estimate of drug-likeness (QED) is 0.795. The summed E-state index contributed by atoms with van der Waals surface area (Å²) >= 11 is 3.42. The highest BCUT2D eigenvalue weighted by Crippen LogP contribution is 2.16. The van der Waals surface area contributed by atoms with E-state index < -0.39 is 0 Å². The van der Waals surface area contributed by atoms with Crippen molar-refractivity contribution in [2.45, 2.75) is 39.5 Å². The van der Waals surface area contributed by atoms with Crippen LogP contribution in [-0.2, 0) is 11.3 Å². The van der Waals surface area contributed by atoms with Crippen LogP contribution in [0.15, 0.2) is 6.07 Å². The molecular formula is C13H20BrN3O2. The van der Waals surface area contributed by atoms with Crippen LogP contribution in [0.1, 0.15) is 30.0 Å². The summed E-state index contributed by atoms with van der Waals surface area (Å²) in [6.45, 7) is 7.87. The van der Waals surface area contributed by atoms with E-state index >= 15 is 0 Å². The van der Waals surface area contributed by atoms with Crippen LogP contribution in [-0.4, -0.2) is 51.2 Å². The van der Waals surface area contributed by atoms with Crippen LogP contribution >= 0.6 is 15.9 Å². The molecule has 1 aliphatic rings. The van der Waals surface area contributed by atoms with Gasteiger partial charge < -0.3 is 9.64 Å². The number of morpholine rings is 1. The lowest BCUT2D eigenvalue weighted by Gasteiger charge is -2.36. The SMILES string of the molecule is CCn1nc(C)cc1C(=O)N1CC(C)OC(CBr)C1. The smallest absolute Gasteiger partial charge is 0.272 e. The predicted molar refractivity (Wildman–Crippen MR) is 76.7 cm³/mol. The minimum Gasteiger partial charge on any atom is -0.371 e. The summed E-state index contributed by atoms with van der Waals surface area (Å²) < 4.78 is 7.52. The minimum atomic E-state index is 0.0450. The molecule has 1 aromatic rings. The number of hydrogen-bond donors (Lipinski definition) is 0. The molecule has 2 unspecified atom stereocenters. The molecule has 2 heterocycles. The van der Waals surface area contributed by atoms with Crippen LogP contribution in [0.4, 0.5) is 0 Å². The third-order valence-electron chi connectivity index (χ3n) is 3.21. The number of nitrogens with zero attached hydrogens (tertiary/aromatic N) is 3. The summed E-state index contributed by atoms with van der Waals surface area (Å²) in [5.41, 5.74) is 1.55. The van der Waals surface area contributed by atoms with Gasteiger partial charge in [0.05, 0.1) is 17.9 Å². The normalized spacial score (nSPS) is 23.7. The maximum atomic E-state index is 12.6. The standard InChI is InChI=1S/C13H20BrN3O2/c1-4-17-12(5-9(2)15-17)13(18)16-7-10(3)19-11(6-14)8-16/h5,10-11H,4,6-8H2,1-3H3. The zero-order valence-electron chi connectivity index (χ0n) is 11.6. The molecule has 19 heavy (non-hydrogen) atoms. The van der Waals surface area contributed by atoms with Gasteiger partial charge in [0.1, 0.15) is 5.69 Å². The van der Waals surface area contributed by atoms with Gasteiger partial charge in [-0.05, 0) is 26.8 Å². The second-order valence-corrected chi connectivity index (χ2v) is 5.57. The fraction of sp³-hybridized carbons (Fsp3) is 0.692. The van der Waals surface area contributed by atoms with E-state index in [0.717, 1.165) is 11.0 Å². The van der Waals surface area contributed by atoms with Crippen molar-refractivity contribution in [3.63, 3.8) is 0 Å². The van der Waals surface area contributed by atoms with Gasteiger partial charge in [0, 0.05) is 25.0 Å². The van der Waals surface area contributed by atoms with E-state index in [0.29, 0.717) is 25.3 Å². The lowest BCUT2D eigenvalue weighted by Crippen LogP contribution is -2.50. The van der Waals surface area contributed by atoms with Crippen LogP contribution in [0.2, 0.25) is 0 Å². The van der Waals surface area contributed by atoms with Crippen LogP contribution in [0.5, 0.6) is 0 Å². The number of carbonyl (C=O) groups excluding carboxylic acids is 1. The van der Waals surface area contributed by atoms with E-state index in [1.54, 1.807) is 4.68 Å². The Morgan fingerprint density at radius 1 is 1.58 bits per heavy atom. The molecule has 0 radical (unpaired) electrons. The van der Waals surface area contributed by atoms with Crippen molar-refractivity contribution in [1.82, 2.24) is 14.7 Å². The lowest BCUT2D eigenvalue weighted by atomic mass is 10.2. The van der Waals surface area contributed by atoms with Gasteiger partial charge in [-0.1, -0.05) is 15.9 Å². The number of ether oxygens (including phenoxy) is 1. The Balaban J connectivity index is 2.18. The summed E-state index contributed by atoms with van der Waals surface area (Å²) in [6.07, 6.45) is 0.131. The zero-order valence-corrected chi connectivity index (χ0v) is 13.2. The number of carbonyl (C=O) groups is 1. The van der Waals surface area contributed by atoms with Crippen molar-refractivity contribution in [3.05, 3.63) is 17.5 Å². The van der Waals surface area contributed by atoms with Crippen molar-refractivity contribution >= 4 is 21.8 Å². The molecule has 0 bridgehead atoms. The maximum absolute atomic E-state index is 12.6. The molecule has 1 fully saturated rings. The van der Waals surface area contributed by atoms with Crippen LogP contribution in [0.25, 0.3) is 0 Å². The molecule has 2 rings (SSSR count). The van der Waals surface area contributed by atoms with Crippen LogP contribution < -0.4 is 0 Å². The highest BCUT2D eigenvalue weighted by atomic mass is 79.9. The molecule has 5 nitrogen and oxygen atoms in total. The average Bonchev–Trinajstić information content (AvgIpc) is 2.78. The first-order valence-electron chi connectivity index (χ1n) is 6.60. The first-order chi connectivity index (χ1) is 9.05. The Morgan fingerprint density at radius 2 is 2.32 bits per heavy atom. The Labute approximate surface area is 122 Å². The zero-order chi connectivity index (χ0) is 14.0. The van der Waals surface area contributed by atoms with Gasteiger partial charge in [0.15, 0.2) is 0 Å². The topological polar surface area (TPSA) is 47.4 Å². The van der Waals surface area contributed by atoms with Gasteiger partial charge >= 0.3 is 0 Å². The fourth-order valence-corrected chi connectivity index (χ4v) is 2.77. The number of rotatable bonds is 3. The Kier molecular flexibility index (Phi) is 4.62. The average molecular weight is 330 g/mol. The highest BCUT2D eigenvalue weighted by Gasteiger charge is 2.29. The molecular weight excluding hydrogens is 310 g/mol. The summed E-state index contributed by atoms with van der Waals surface area (Å²) in [4.78, 5) is 14.5. The largest absolute Gasteiger partial charge is 0.371 e. The van der Waals surface area contributed by atoms with Gasteiger partial charge in [-0.2, -0.15) is 5.10 Å². The van der Waals surface area contributed by atoms with E-state index in [-0.39, 0.29) is 18.1 Å². The number of halogens is 1. The third kappa shape index (κ3) is 3.17. The van der Waals surface area contributed by atoms with Gasteiger partial charge in [-0.25, -0.2) is 0 Å². The number of amides is 1. The lowest BCUT2D eigenvalue weighted by molar-refractivity contribution is -0.0562. The minimum absolute atomic E-state index is 0.0450.